The van der Waals surface area contributed by atoms with Crippen LogP contribution in [0, 0.1) is 15.5 Å². The van der Waals surface area contributed by atoms with Crippen LogP contribution in [0.2, 0.25) is 0 Å². The van der Waals surface area contributed by atoms with E-state index in [1.54, 1.807) is 0 Å². The number of nitro groups is 1. The third-order valence-electron chi connectivity index (χ3n) is 1.78. The third-order valence-corrected chi connectivity index (χ3v) is 2.71. The minimum Gasteiger partial charge on any atom is -0.426 e. The Labute approximate surface area is 81.3 Å². The van der Waals surface area contributed by atoms with Gasteiger partial charge < -0.3 is 5.21 Å². The van der Waals surface area contributed by atoms with Gasteiger partial charge in [0.05, 0.1) is 9.62 Å². The van der Waals surface area contributed by atoms with Crippen LogP contribution in [0.15, 0.2) is 18.2 Å². The monoisotopic (exact) mass is 211 g/mol. The van der Waals surface area contributed by atoms with Gasteiger partial charge in [-0.1, -0.05) is 11.3 Å². The van der Waals surface area contributed by atoms with Crippen LogP contribution in [0.25, 0.3) is 10.2 Å². The van der Waals surface area contributed by atoms with Crippen molar-refractivity contribution in [3.8, 4) is 0 Å². The minimum atomic E-state index is -0.541. The number of hydrogen-bond donors (Lipinski definition) is 2. The summed E-state index contributed by atoms with van der Waals surface area (Å²) in [5.74, 6) is 0. The molecule has 0 radical (unpaired) electrons. The molecule has 0 aliphatic carbocycles. The van der Waals surface area contributed by atoms with Crippen molar-refractivity contribution in [3.05, 3.63) is 33.1 Å². The number of non-ortho nitro benzene ring substituents is 1. The SMILES string of the molecule is N=c1sc2ccc([N+](=O)[O-])cc2n1O. The quantitative estimate of drug-likeness (QED) is 0.423. The van der Waals surface area contributed by atoms with E-state index in [0.29, 0.717) is 9.43 Å². The van der Waals surface area contributed by atoms with Crippen molar-refractivity contribution in [2.24, 2.45) is 0 Å². The molecule has 1 aromatic carbocycles. The van der Waals surface area contributed by atoms with Crippen LogP contribution >= 0.6 is 11.3 Å². The zero-order valence-corrected chi connectivity index (χ0v) is 7.61. The van der Waals surface area contributed by atoms with Gasteiger partial charge in [-0.25, -0.2) is 0 Å². The summed E-state index contributed by atoms with van der Waals surface area (Å²) in [5, 5.41) is 27.0. The highest BCUT2D eigenvalue weighted by Crippen LogP contribution is 2.21. The molecule has 0 amide bonds. The maximum atomic E-state index is 10.4. The predicted octanol–water partition coefficient (Wildman–Crippen LogP) is 1.33. The summed E-state index contributed by atoms with van der Waals surface area (Å²) >= 11 is 1.06. The zero-order chi connectivity index (χ0) is 10.3. The van der Waals surface area contributed by atoms with Crippen LogP contribution in [0.5, 0.6) is 0 Å². The lowest BCUT2D eigenvalue weighted by Gasteiger charge is -1.93. The molecular formula is C7H5N3O3S. The summed E-state index contributed by atoms with van der Waals surface area (Å²) in [6, 6.07) is 4.10. The Bertz CT molecular complexity index is 571. The van der Waals surface area contributed by atoms with Crippen molar-refractivity contribution in [2.75, 3.05) is 0 Å². The Morgan fingerprint density at radius 1 is 1.57 bits per heavy atom. The van der Waals surface area contributed by atoms with Gasteiger partial charge in [0.25, 0.3) is 5.69 Å². The number of rotatable bonds is 1. The van der Waals surface area contributed by atoms with Gasteiger partial charge in [-0.3, -0.25) is 15.5 Å². The zero-order valence-electron chi connectivity index (χ0n) is 6.80. The molecule has 2 rings (SSSR count). The van der Waals surface area contributed by atoms with Crippen molar-refractivity contribution in [3.63, 3.8) is 0 Å². The summed E-state index contributed by atoms with van der Waals surface area (Å²) in [5.41, 5.74) is 0.187. The van der Waals surface area contributed by atoms with Gasteiger partial charge in [-0.05, 0) is 6.07 Å². The second-order valence-electron chi connectivity index (χ2n) is 2.63. The van der Waals surface area contributed by atoms with Crippen LogP contribution in [0.1, 0.15) is 0 Å². The van der Waals surface area contributed by atoms with Crippen LogP contribution in [0.3, 0.4) is 0 Å². The van der Waals surface area contributed by atoms with Gasteiger partial charge in [0, 0.05) is 12.1 Å². The summed E-state index contributed by atoms with van der Waals surface area (Å²) in [6.45, 7) is 0. The molecule has 72 valence electrons. The summed E-state index contributed by atoms with van der Waals surface area (Å²) in [6.07, 6.45) is 0. The van der Waals surface area contributed by atoms with E-state index in [-0.39, 0.29) is 16.0 Å². The van der Waals surface area contributed by atoms with E-state index in [2.05, 4.69) is 0 Å². The van der Waals surface area contributed by atoms with Crippen molar-refractivity contribution in [2.45, 2.75) is 0 Å². The highest BCUT2D eigenvalue weighted by atomic mass is 32.1. The highest BCUT2D eigenvalue weighted by molar-refractivity contribution is 7.16. The van der Waals surface area contributed by atoms with Crippen molar-refractivity contribution >= 4 is 27.2 Å². The second-order valence-corrected chi connectivity index (χ2v) is 3.66. The largest absolute Gasteiger partial charge is 0.426 e. The molecule has 0 unspecified atom stereocenters. The standard InChI is InChI=1S/C7H5N3O3S/c8-7-9(11)5-3-4(10(12)13)1-2-6(5)14-7/h1-3,8,11H. The maximum Gasteiger partial charge on any atom is 0.271 e. The summed E-state index contributed by atoms with van der Waals surface area (Å²) < 4.78 is 1.27. The average Bonchev–Trinajstić information content (AvgIpc) is 2.43. The number of benzene rings is 1. The van der Waals surface area contributed by atoms with Gasteiger partial charge in [0.1, 0.15) is 5.52 Å². The van der Waals surface area contributed by atoms with Crippen molar-refractivity contribution in [1.82, 2.24) is 4.73 Å². The van der Waals surface area contributed by atoms with Crippen LogP contribution in [-0.2, 0) is 0 Å². The molecule has 14 heavy (non-hydrogen) atoms. The van der Waals surface area contributed by atoms with E-state index in [0.717, 1.165) is 11.3 Å². The molecule has 0 aliphatic rings. The van der Waals surface area contributed by atoms with E-state index in [4.69, 9.17) is 5.41 Å². The lowest BCUT2D eigenvalue weighted by Crippen LogP contribution is -2.08. The first-order chi connectivity index (χ1) is 6.59. The number of fused-ring (bicyclic) bond motifs is 1. The Kier molecular flexibility index (Phi) is 1.74. The van der Waals surface area contributed by atoms with E-state index >= 15 is 0 Å². The molecule has 0 atom stereocenters. The van der Waals surface area contributed by atoms with Gasteiger partial charge >= 0.3 is 0 Å². The Morgan fingerprint density at radius 3 is 2.93 bits per heavy atom. The fourth-order valence-corrected chi connectivity index (χ4v) is 1.91. The van der Waals surface area contributed by atoms with Gasteiger partial charge in [0.2, 0.25) is 4.80 Å². The fraction of sp³-hybridized carbons (Fsp3) is 0. The van der Waals surface area contributed by atoms with Gasteiger partial charge in [0.15, 0.2) is 0 Å². The molecule has 0 fully saturated rings. The Hall–Kier alpha value is -1.89. The Morgan fingerprint density at radius 2 is 2.29 bits per heavy atom. The van der Waals surface area contributed by atoms with E-state index in [1.807, 2.05) is 0 Å². The predicted molar refractivity (Wildman–Crippen MR) is 49.5 cm³/mol. The lowest BCUT2D eigenvalue weighted by molar-refractivity contribution is -0.384. The maximum absolute atomic E-state index is 10.4. The second kappa shape index (κ2) is 2.81. The normalized spacial score (nSPS) is 10.6. The number of aromatic nitrogens is 1. The number of nitrogens with zero attached hydrogens (tertiary/aromatic N) is 2. The number of thiazole rings is 1. The molecule has 6 nitrogen and oxygen atoms in total. The molecule has 1 heterocycles. The molecular weight excluding hydrogens is 206 g/mol. The molecule has 0 saturated carbocycles. The van der Waals surface area contributed by atoms with E-state index < -0.39 is 4.92 Å². The first-order valence-electron chi connectivity index (χ1n) is 3.63. The molecule has 0 bridgehead atoms. The summed E-state index contributed by atoms with van der Waals surface area (Å²) in [4.78, 5) is 9.84. The lowest BCUT2D eigenvalue weighted by atomic mass is 10.3. The third kappa shape index (κ3) is 1.14. The number of nitrogens with one attached hydrogen (secondary N) is 1. The molecule has 0 spiro atoms. The summed E-state index contributed by atoms with van der Waals surface area (Å²) in [7, 11) is 0. The van der Waals surface area contributed by atoms with E-state index in [9.17, 15) is 15.3 Å². The fourth-order valence-electron chi connectivity index (χ4n) is 1.13. The van der Waals surface area contributed by atoms with E-state index in [1.165, 1.54) is 18.2 Å². The van der Waals surface area contributed by atoms with Gasteiger partial charge in [-0.2, -0.15) is 4.73 Å². The number of hydrogen-bond acceptors (Lipinski definition) is 5. The number of nitro benzene ring substituents is 1. The first-order valence-corrected chi connectivity index (χ1v) is 4.45. The van der Waals surface area contributed by atoms with Crippen LogP contribution in [0.4, 0.5) is 5.69 Å². The van der Waals surface area contributed by atoms with Gasteiger partial charge in [-0.15, -0.1) is 0 Å². The molecule has 1 aromatic heterocycles. The Balaban J connectivity index is 2.82. The molecule has 0 saturated heterocycles. The van der Waals surface area contributed by atoms with Crippen LogP contribution in [-0.4, -0.2) is 14.9 Å². The smallest absolute Gasteiger partial charge is 0.271 e. The molecule has 2 N–H and O–H groups in total. The van der Waals surface area contributed by atoms with Crippen molar-refractivity contribution in [1.29, 1.82) is 5.41 Å². The molecule has 0 aliphatic heterocycles. The minimum absolute atomic E-state index is 0.0551. The van der Waals surface area contributed by atoms with Crippen molar-refractivity contribution < 1.29 is 10.1 Å². The van der Waals surface area contributed by atoms with Crippen LogP contribution < -0.4 is 4.80 Å². The topological polar surface area (TPSA) is 92.1 Å². The molecule has 2 aromatic rings. The molecule has 7 heteroatoms. The average molecular weight is 211 g/mol. The first kappa shape index (κ1) is 8.70. The highest BCUT2D eigenvalue weighted by Gasteiger charge is 2.10.